The number of fused-ring (bicyclic) bond motifs is 4. The van der Waals surface area contributed by atoms with Gasteiger partial charge in [-0.3, -0.25) is 0 Å². The molecule has 0 bridgehead atoms. The van der Waals surface area contributed by atoms with Gasteiger partial charge in [0.2, 0.25) is 0 Å². The summed E-state index contributed by atoms with van der Waals surface area (Å²) in [5.41, 5.74) is 15.0. The SMILES string of the molecule is [C-]#[N+]c1ccc2c(c1)-c1ccc(-c3cccc(-c4cccc(-c5cc(-c6ccccc6)nc(-c6cccc7ccccc67)n5)c4)c3)cc1C2(C)C. The highest BCUT2D eigenvalue weighted by Crippen LogP contribution is 2.50. The van der Waals surface area contributed by atoms with Crippen LogP contribution in [0.1, 0.15) is 25.0 Å². The molecule has 0 radical (unpaired) electrons. The molecule has 1 heterocycles. The standard InChI is InChI=1S/C48H33N3/c1-48(2)43-25-23-38(49-3)29-42(43)40-24-22-36(28-44(40)48)34-17-9-16-33(26-34)35-18-10-19-37(27-35)46-30-45(32-13-5-4-6-14-32)50-47(51-46)41-21-11-15-31-12-7-8-20-39(31)41/h4-30H,1-2H3. The van der Waals surface area contributed by atoms with Crippen molar-refractivity contribution < 1.29 is 0 Å². The quantitative estimate of drug-likeness (QED) is 0.173. The summed E-state index contributed by atoms with van der Waals surface area (Å²) in [4.78, 5) is 14.0. The fourth-order valence-corrected chi connectivity index (χ4v) is 7.62. The molecule has 1 aromatic heterocycles. The van der Waals surface area contributed by atoms with Crippen LogP contribution < -0.4 is 0 Å². The predicted molar refractivity (Wildman–Crippen MR) is 211 cm³/mol. The van der Waals surface area contributed by atoms with Gasteiger partial charge in [0.15, 0.2) is 11.5 Å². The summed E-state index contributed by atoms with van der Waals surface area (Å²) < 4.78 is 0. The topological polar surface area (TPSA) is 30.1 Å². The summed E-state index contributed by atoms with van der Waals surface area (Å²) in [7, 11) is 0. The van der Waals surface area contributed by atoms with Gasteiger partial charge in [0.1, 0.15) is 0 Å². The van der Waals surface area contributed by atoms with E-state index in [4.69, 9.17) is 16.5 Å². The Morgan fingerprint density at radius 1 is 0.451 bits per heavy atom. The minimum Gasteiger partial charge on any atom is -0.238 e. The molecule has 0 saturated heterocycles. The van der Waals surface area contributed by atoms with E-state index in [9.17, 15) is 0 Å². The maximum atomic E-state index is 7.52. The van der Waals surface area contributed by atoms with Crippen LogP contribution in [0.5, 0.6) is 0 Å². The fourth-order valence-electron chi connectivity index (χ4n) is 7.62. The van der Waals surface area contributed by atoms with Crippen LogP contribution in [0.3, 0.4) is 0 Å². The van der Waals surface area contributed by atoms with Gasteiger partial charge in [0.05, 0.1) is 18.0 Å². The number of benzene rings is 7. The van der Waals surface area contributed by atoms with Crippen LogP contribution in [-0.4, -0.2) is 9.97 Å². The Labute approximate surface area is 298 Å². The normalized spacial score (nSPS) is 12.6. The van der Waals surface area contributed by atoms with E-state index in [1.165, 1.54) is 33.4 Å². The van der Waals surface area contributed by atoms with Crippen LogP contribution in [0.15, 0.2) is 164 Å². The Hall–Kier alpha value is -6.63. The first-order valence-corrected chi connectivity index (χ1v) is 17.3. The minimum atomic E-state index is -0.145. The summed E-state index contributed by atoms with van der Waals surface area (Å²) in [6.07, 6.45) is 0. The maximum absolute atomic E-state index is 7.52. The average molecular weight is 652 g/mol. The third-order valence-corrected chi connectivity index (χ3v) is 10.3. The molecule has 0 N–H and O–H groups in total. The van der Waals surface area contributed by atoms with Gasteiger partial charge in [-0.05, 0) is 85.6 Å². The zero-order valence-corrected chi connectivity index (χ0v) is 28.4. The second kappa shape index (κ2) is 12.1. The molecule has 240 valence electrons. The van der Waals surface area contributed by atoms with E-state index >= 15 is 0 Å². The molecular weight excluding hydrogens is 619 g/mol. The van der Waals surface area contributed by atoms with Crippen LogP contribution in [0, 0.1) is 6.57 Å². The van der Waals surface area contributed by atoms with Gasteiger partial charge >= 0.3 is 0 Å². The van der Waals surface area contributed by atoms with E-state index in [-0.39, 0.29) is 5.41 Å². The number of nitrogens with zero attached hydrogens (tertiary/aromatic N) is 3. The fraction of sp³-hybridized carbons (Fsp3) is 0.0625. The lowest BCUT2D eigenvalue weighted by Crippen LogP contribution is -2.14. The number of hydrogen-bond acceptors (Lipinski definition) is 2. The molecule has 0 unspecified atom stereocenters. The summed E-state index contributed by atoms with van der Waals surface area (Å²) in [5, 5.41) is 2.30. The molecule has 8 aromatic rings. The average Bonchev–Trinajstić information content (AvgIpc) is 3.42. The molecule has 51 heavy (non-hydrogen) atoms. The monoisotopic (exact) mass is 651 g/mol. The lowest BCUT2D eigenvalue weighted by Gasteiger charge is -2.22. The number of aromatic nitrogens is 2. The van der Waals surface area contributed by atoms with Crippen molar-refractivity contribution in [2.24, 2.45) is 0 Å². The third kappa shape index (κ3) is 5.30. The first kappa shape index (κ1) is 30.4. The van der Waals surface area contributed by atoms with Crippen molar-refractivity contribution in [2.45, 2.75) is 19.3 Å². The van der Waals surface area contributed by atoms with Crippen molar-refractivity contribution in [3.63, 3.8) is 0 Å². The predicted octanol–water partition coefficient (Wildman–Crippen LogP) is 12.8. The minimum absolute atomic E-state index is 0.145. The van der Waals surface area contributed by atoms with Gasteiger partial charge in [-0.1, -0.05) is 147 Å². The van der Waals surface area contributed by atoms with E-state index in [1.54, 1.807) is 0 Å². The summed E-state index contributed by atoms with van der Waals surface area (Å²) in [5.74, 6) is 0.711. The molecule has 1 aliphatic carbocycles. The Kier molecular flexibility index (Phi) is 7.19. The lowest BCUT2D eigenvalue weighted by atomic mass is 9.81. The molecule has 9 rings (SSSR count). The van der Waals surface area contributed by atoms with Crippen molar-refractivity contribution >= 4 is 16.5 Å². The maximum Gasteiger partial charge on any atom is 0.187 e. The zero-order chi connectivity index (χ0) is 34.5. The van der Waals surface area contributed by atoms with E-state index in [0.717, 1.165) is 50.0 Å². The van der Waals surface area contributed by atoms with Crippen molar-refractivity contribution in [1.29, 1.82) is 0 Å². The van der Waals surface area contributed by atoms with Crippen LogP contribution >= 0.6 is 0 Å². The van der Waals surface area contributed by atoms with Crippen molar-refractivity contribution in [2.75, 3.05) is 0 Å². The molecule has 0 aliphatic heterocycles. The molecule has 0 amide bonds. The second-order valence-corrected chi connectivity index (χ2v) is 13.7. The zero-order valence-electron chi connectivity index (χ0n) is 28.4. The van der Waals surface area contributed by atoms with Gasteiger partial charge in [0, 0.05) is 22.1 Å². The molecule has 1 aliphatic rings. The highest BCUT2D eigenvalue weighted by atomic mass is 14.9. The Balaban J connectivity index is 1.12. The van der Waals surface area contributed by atoms with Crippen molar-refractivity contribution in [3.05, 3.63) is 186 Å². The van der Waals surface area contributed by atoms with Gasteiger partial charge in [-0.2, -0.15) is 0 Å². The first-order chi connectivity index (χ1) is 25.0. The summed E-state index contributed by atoms with van der Waals surface area (Å²) >= 11 is 0. The van der Waals surface area contributed by atoms with Crippen LogP contribution in [0.4, 0.5) is 5.69 Å². The summed E-state index contributed by atoms with van der Waals surface area (Å²) in [6, 6.07) is 57.5. The van der Waals surface area contributed by atoms with E-state index < -0.39 is 0 Å². The molecule has 0 atom stereocenters. The van der Waals surface area contributed by atoms with E-state index in [2.05, 4.69) is 164 Å². The molecule has 0 fully saturated rings. The van der Waals surface area contributed by atoms with Gasteiger partial charge < -0.3 is 0 Å². The van der Waals surface area contributed by atoms with E-state index in [0.29, 0.717) is 11.5 Å². The van der Waals surface area contributed by atoms with Crippen LogP contribution in [0.25, 0.3) is 82.9 Å². The van der Waals surface area contributed by atoms with Gasteiger partial charge in [-0.25, -0.2) is 14.8 Å². The molecule has 7 aromatic carbocycles. The highest BCUT2D eigenvalue weighted by Gasteiger charge is 2.35. The van der Waals surface area contributed by atoms with Crippen molar-refractivity contribution in [3.8, 4) is 67.3 Å². The Morgan fingerprint density at radius 2 is 1.06 bits per heavy atom. The smallest absolute Gasteiger partial charge is 0.187 e. The van der Waals surface area contributed by atoms with Gasteiger partial charge in [-0.15, -0.1) is 0 Å². The third-order valence-electron chi connectivity index (χ3n) is 10.3. The van der Waals surface area contributed by atoms with E-state index in [1.807, 2.05) is 18.2 Å². The largest absolute Gasteiger partial charge is 0.238 e. The molecular formula is C48H33N3. The molecule has 0 spiro atoms. The Bertz CT molecular complexity index is 2680. The Morgan fingerprint density at radius 3 is 1.82 bits per heavy atom. The molecule has 0 saturated carbocycles. The van der Waals surface area contributed by atoms with Crippen LogP contribution in [-0.2, 0) is 5.41 Å². The molecule has 3 heteroatoms. The lowest BCUT2D eigenvalue weighted by molar-refractivity contribution is 0.661. The van der Waals surface area contributed by atoms with Crippen LogP contribution in [0.2, 0.25) is 0 Å². The number of rotatable bonds is 5. The second-order valence-electron chi connectivity index (χ2n) is 13.7. The molecule has 3 nitrogen and oxygen atoms in total. The number of hydrogen-bond donors (Lipinski definition) is 0. The van der Waals surface area contributed by atoms with Crippen molar-refractivity contribution in [1.82, 2.24) is 9.97 Å². The highest BCUT2D eigenvalue weighted by molar-refractivity contribution is 5.95. The van der Waals surface area contributed by atoms with Gasteiger partial charge in [0.25, 0.3) is 0 Å². The first-order valence-electron chi connectivity index (χ1n) is 17.3. The summed E-state index contributed by atoms with van der Waals surface area (Å²) in [6.45, 7) is 12.1.